The molecule has 3 unspecified atom stereocenters. The quantitative estimate of drug-likeness (QED) is 0.0846. The van der Waals surface area contributed by atoms with Gasteiger partial charge in [-0.15, -0.1) is 8.58 Å². The van der Waals surface area contributed by atoms with Crippen molar-refractivity contribution in [2.45, 2.75) is 49.8 Å². The summed E-state index contributed by atoms with van der Waals surface area (Å²) < 4.78 is 35.9. The van der Waals surface area contributed by atoms with Crippen LogP contribution >= 0.6 is 18.0 Å². The third-order valence-electron chi connectivity index (χ3n) is 7.45. The number of nitrogens with two attached hydrogens (primary N) is 1. The highest BCUT2D eigenvalue weighted by Gasteiger charge is 2.48. The number of nitrogens with zero attached hydrogens (tertiary/aromatic N) is 6. The summed E-state index contributed by atoms with van der Waals surface area (Å²) in [5.41, 5.74) is 5.59. The topological polar surface area (TPSA) is 210 Å². The average molecular weight is 611 g/mol. The number of ether oxygens (including phenoxy) is 2. The molecule has 19 heteroatoms. The van der Waals surface area contributed by atoms with E-state index in [0.717, 1.165) is 12.6 Å². The van der Waals surface area contributed by atoms with Crippen molar-refractivity contribution in [1.82, 2.24) is 39.0 Å². The first-order valence-corrected chi connectivity index (χ1v) is 14.7. The zero-order valence-corrected chi connectivity index (χ0v) is 23.6. The molecular formula is C22H28FN9O7P2. The number of aromatic nitrogens is 8. The first-order valence-electron chi connectivity index (χ1n) is 12.8. The number of halogens is 1. The largest absolute Gasteiger partial charge is 0.369 e. The van der Waals surface area contributed by atoms with Crippen LogP contribution in [0.1, 0.15) is 25.3 Å². The first-order chi connectivity index (χ1) is 19.9. The van der Waals surface area contributed by atoms with Crippen LogP contribution in [-0.4, -0.2) is 87.7 Å². The Labute approximate surface area is 234 Å². The minimum absolute atomic E-state index is 0.00703. The van der Waals surface area contributed by atoms with E-state index in [1.54, 1.807) is 10.9 Å². The van der Waals surface area contributed by atoms with E-state index in [4.69, 9.17) is 19.7 Å². The molecule has 0 amide bonds. The highest BCUT2D eigenvalue weighted by molar-refractivity contribution is 7.38. The first kappa shape index (κ1) is 28.2. The summed E-state index contributed by atoms with van der Waals surface area (Å²) in [6.07, 6.45) is 1.33. The summed E-state index contributed by atoms with van der Waals surface area (Å²) in [5, 5.41) is 9.46. The van der Waals surface area contributed by atoms with Crippen LogP contribution < -0.4 is 16.9 Å². The minimum atomic E-state index is -1.63. The summed E-state index contributed by atoms with van der Waals surface area (Å²) in [6, 6.07) is 0. The summed E-state index contributed by atoms with van der Waals surface area (Å²) >= 11 is 0. The fourth-order valence-electron chi connectivity index (χ4n) is 5.46. The van der Waals surface area contributed by atoms with Crippen molar-refractivity contribution in [2.24, 2.45) is 5.92 Å². The molecule has 6 rings (SSSR count). The van der Waals surface area contributed by atoms with Gasteiger partial charge in [0.05, 0.1) is 37.8 Å². The van der Waals surface area contributed by atoms with Crippen LogP contribution in [0.3, 0.4) is 0 Å². The Morgan fingerprint density at radius 1 is 1.15 bits per heavy atom. The minimum Gasteiger partial charge on any atom is -0.369 e. The number of fused-ring (bicyclic) bond motifs is 2. The summed E-state index contributed by atoms with van der Waals surface area (Å²) in [5.74, 6) is 0.0135. The Morgan fingerprint density at radius 3 is 2.71 bits per heavy atom. The van der Waals surface area contributed by atoms with E-state index >= 15 is 4.39 Å². The molecule has 2 aliphatic rings. The van der Waals surface area contributed by atoms with E-state index in [1.807, 2.05) is 0 Å². The molecule has 6 heterocycles. The second-order valence-electron chi connectivity index (χ2n) is 9.86. The van der Waals surface area contributed by atoms with Gasteiger partial charge in [-0.05, 0) is 31.1 Å². The van der Waals surface area contributed by atoms with Crippen LogP contribution in [0.4, 0.5) is 10.3 Å². The molecule has 16 nitrogen and oxygen atoms in total. The highest BCUT2D eigenvalue weighted by atomic mass is 31.1. The predicted molar refractivity (Wildman–Crippen MR) is 147 cm³/mol. The molecule has 2 aliphatic heterocycles. The lowest BCUT2D eigenvalue weighted by atomic mass is 9.98. The molecule has 2 fully saturated rings. The van der Waals surface area contributed by atoms with E-state index in [2.05, 4.69) is 44.3 Å². The maximum atomic E-state index is 15.3. The number of alkyl halides is 1. The SMILES string of the molecule is Nc1nc2c(ncn2[C@@H]2OC(CPCC[C@H]3C[C@H](n4cnc5c(=O)[nH]cnc54)O[C@@H]3COP)[C@@H](F)[C@H]2OO)c(=O)[nH]1. The van der Waals surface area contributed by atoms with Gasteiger partial charge in [0, 0.05) is 9.47 Å². The molecule has 0 aromatic carbocycles. The van der Waals surface area contributed by atoms with E-state index in [9.17, 15) is 14.8 Å². The molecule has 4 aromatic rings. The molecular weight excluding hydrogens is 583 g/mol. The lowest BCUT2D eigenvalue weighted by Crippen LogP contribution is -2.31. The van der Waals surface area contributed by atoms with Crippen LogP contribution in [0.2, 0.25) is 0 Å². The smallest absolute Gasteiger partial charge is 0.280 e. The number of hydrogen-bond donors (Lipinski definition) is 4. The summed E-state index contributed by atoms with van der Waals surface area (Å²) in [6.45, 7) is 0.366. The lowest BCUT2D eigenvalue weighted by Gasteiger charge is -2.18. The van der Waals surface area contributed by atoms with Crippen molar-refractivity contribution in [3.8, 4) is 0 Å². The number of hydrogen-bond acceptors (Lipinski definition) is 12. The number of nitrogens with one attached hydrogen (secondary N) is 2. The number of aromatic amines is 2. The Hall–Kier alpha value is -2.91. The fraction of sp³-hybridized carbons (Fsp3) is 0.545. The number of nitrogen functional groups attached to an aromatic ring is 1. The van der Waals surface area contributed by atoms with Gasteiger partial charge in [-0.1, -0.05) is 0 Å². The zero-order chi connectivity index (χ0) is 28.7. The van der Waals surface area contributed by atoms with E-state index in [-0.39, 0.29) is 46.4 Å². The third kappa shape index (κ3) is 5.27. The molecule has 4 aromatic heterocycles. The Morgan fingerprint density at radius 2 is 1.93 bits per heavy atom. The van der Waals surface area contributed by atoms with Crippen LogP contribution in [-0.2, 0) is 18.9 Å². The number of H-pyrrole nitrogens is 2. The van der Waals surface area contributed by atoms with Gasteiger partial charge in [-0.2, -0.15) is 4.98 Å². The lowest BCUT2D eigenvalue weighted by molar-refractivity contribution is -0.300. The molecule has 0 saturated carbocycles. The van der Waals surface area contributed by atoms with Gasteiger partial charge in [0.15, 0.2) is 40.8 Å². The molecule has 9 atom stereocenters. The van der Waals surface area contributed by atoms with Crippen molar-refractivity contribution in [2.75, 3.05) is 24.7 Å². The average Bonchev–Trinajstić information content (AvgIpc) is 3.72. The Bertz CT molecular complexity index is 1650. The monoisotopic (exact) mass is 611 g/mol. The molecule has 0 bridgehead atoms. The van der Waals surface area contributed by atoms with Crippen LogP contribution in [0, 0.1) is 5.92 Å². The van der Waals surface area contributed by atoms with Crippen molar-refractivity contribution < 1.29 is 28.5 Å². The second-order valence-corrected chi connectivity index (χ2v) is 11.6. The standard InChI is InChI=1S/C22H28FN9O7P2/c23-13-11(38-21(16(13)39-35)32-8-28-15-18(32)29-22(24)30-20(15)34)5-41-2-1-9-3-12(37-10(9)4-36-40)31-7-27-14-17(31)25-6-26-19(14)33/h6-13,16,21,35,41H,1-5,40H2,(H,25,26,33)(H3,24,29,30,34)/t9-,10+,11?,12+,13+,16+,21+/m0/s1. The fourth-order valence-corrected chi connectivity index (χ4v) is 7.04. The van der Waals surface area contributed by atoms with E-state index < -0.39 is 30.2 Å². The van der Waals surface area contributed by atoms with Crippen LogP contribution in [0.15, 0.2) is 28.6 Å². The molecule has 2 saturated heterocycles. The van der Waals surface area contributed by atoms with Crippen molar-refractivity contribution in [3.63, 3.8) is 0 Å². The van der Waals surface area contributed by atoms with Gasteiger partial charge >= 0.3 is 0 Å². The Balaban J connectivity index is 1.08. The van der Waals surface area contributed by atoms with Crippen LogP contribution in [0.25, 0.3) is 22.3 Å². The van der Waals surface area contributed by atoms with Gasteiger partial charge < -0.3 is 24.7 Å². The third-order valence-corrected chi connectivity index (χ3v) is 8.97. The molecule has 5 N–H and O–H groups in total. The maximum absolute atomic E-state index is 15.3. The van der Waals surface area contributed by atoms with E-state index in [0.29, 0.717) is 33.4 Å². The van der Waals surface area contributed by atoms with Crippen molar-refractivity contribution in [3.05, 3.63) is 39.7 Å². The van der Waals surface area contributed by atoms with Gasteiger partial charge in [0.1, 0.15) is 6.23 Å². The zero-order valence-electron chi connectivity index (χ0n) is 21.4. The van der Waals surface area contributed by atoms with Gasteiger partial charge in [-0.25, -0.2) is 24.2 Å². The molecule has 41 heavy (non-hydrogen) atoms. The van der Waals surface area contributed by atoms with Crippen molar-refractivity contribution >= 4 is 46.3 Å². The molecule has 220 valence electrons. The summed E-state index contributed by atoms with van der Waals surface area (Å²) in [7, 11) is 2.58. The van der Waals surface area contributed by atoms with Gasteiger partial charge in [-0.3, -0.25) is 29.0 Å². The normalized spacial score (nSPS) is 28.6. The number of anilines is 1. The molecule has 0 spiro atoms. The number of rotatable bonds is 10. The van der Waals surface area contributed by atoms with E-state index in [1.165, 1.54) is 17.2 Å². The highest BCUT2D eigenvalue weighted by Crippen LogP contribution is 2.40. The second kappa shape index (κ2) is 11.8. The molecule has 0 radical (unpaired) electrons. The number of imidazole rings is 2. The molecule has 0 aliphatic carbocycles. The maximum Gasteiger partial charge on any atom is 0.280 e. The predicted octanol–water partition coefficient (Wildman–Crippen LogP) is 0.708. The Kier molecular flexibility index (Phi) is 8.10. The summed E-state index contributed by atoms with van der Waals surface area (Å²) in [4.78, 5) is 50.0. The van der Waals surface area contributed by atoms with Crippen LogP contribution in [0.5, 0.6) is 0 Å². The van der Waals surface area contributed by atoms with Gasteiger partial charge in [0.25, 0.3) is 11.1 Å². The van der Waals surface area contributed by atoms with Gasteiger partial charge in [0.2, 0.25) is 5.95 Å². The van der Waals surface area contributed by atoms with Crippen molar-refractivity contribution in [1.29, 1.82) is 0 Å².